The first kappa shape index (κ1) is 52.0. The van der Waals surface area contributed by atoms with E-state index in [0.717, 1.165) is 11.3 Å². The second-order valence-electron chi connectivity index (χ2n) is 18.5. The second-order valence-corrected chi connectivity index (χ2v) is 18.5. The quantitative estimate of drug-likeness (QED) is 0.0392. The third-order valence-corrected chi connectivity index (χ3v) is 11.0. The van der Waals surface area contributed by atoms with Gasteiger partial charge < -0.3 is 41.5 Å². The summed E-state index contributed by atoms with van der Waals surface area (Å²) in [7, 11) is 1.74. The summed E-state index contributed by atoms with van der Waals surface area (Å²) in [5.41, 5.74) is 5.40. The van der Waals surface area contributed by atoms with E-state index in [0.29, 0.717) is 17.7 Å². The Morgan fingerprint density at radius 1 is 0.667 bits per heavy atom. The number of aryl methyl sites for hydroxylation is 1. The molecule has 1 aliphatic heterocycles. The van der Waals surface area contributed by atoms with Crippen LogP contribution in [-0.4, -0.2) is 88.9 Å². The Balaban J connectivity index is 1.53. The van der Waals surface area contributed by atoms with Crippen LogP contribution in [0.5, 0.6) is 11.5 Å². The fourth-order valence-corrected chi connectivity index (χ4v) is 7.61. The van der Waals surface area contributed by atoms with Gasteiger partial charge in [0.15, 0.2) is 0 Å². The molecule has 1 fully saturated rings. The monoisotopic (exact) mass is 913 g/mol. The van der Waals surface area contributed by atoms with E-state index < -0.39 is 71.7 Å². The molecule has 1 saturated heterocycles. The van der Waals surface area contributed by atoms with Gasteiger partial charge in [-0.05, 0) is 96.9 Å². The summed E-state index contributed by atoms with van der Waals surface area (Å²) in [5, 5.41) is 35.1. The summed E-state index contributed by atoms with van der Waals surface area (Å²) in [4.78, 5) is 94.4. The molecule has 4 unspecified atom stereocenters. The number of nitrogens with one attached hydrogen (secondary N) is 6. The molecule has 17 heteroatoms. The molecule has 1 aliphatic rings. The molecule has 3 aromatic carbocycles. The predicted octanol–water partition coefficient (Wildman–Crippen LogP) is 4.87. The minimum atomic E-state index is -1.27. The zero-order valence-corrected chi connectivity index (χ0v) is 39.4. The number of aromatic carboxylic acids is 1. The van der Waals surface area contributed by atoms with Gasteiger partial charge in [0.2, 0.25) is 29.5 Å². The molecule has 358 valence electrons. The summed E-state index contributed by atoms with van der Waals surface area (Å²) in [6, 6.07) is 12.7. The van der Waals surface area contributed by atoms with Crippen molar-refractivity contribution in [1.29, 1.82) is 0 Å². The molecule has 0 spiro atoms. The molecule has 4 rings (SSSR count). The summed E-state index contributed by atoms with van der Waals surface area (Å²) in [5.74, 6) is -5.23. The Kier molecular flexibility index (Phi) is 18.9. The van der Waals surface area contributed by atoms with Crippen LogP contribution in [0, 0.1) is 23.7 Å². The smallest absolute Gasteiger partial charge is 0.339 e. The number of carboxylic acid groups (broad SMARTS) is 1. The largest absolute Gasteiger partial charge is 0.507 e. The maximum atomic E-state index is 14.2. The molecular weight excluding hydrogens is 847 g/mol. The van der Waals surface area contributed by atoms with Gasteiger partial charge in [0.25, 0.3) is 0 Å². The van der Waals surface area contributed by atoms with E-state index in [4.69, 9.17) is 4.74 Å². The van der Waals surface area contributed by atoms with E-state index >= 15 is 0 Å². The average Bonchev–Trinajstić information content (AvgIpc) is 3.24. The van der Waals surface area contributed by atoms with Gasteiger partial charge in [-0.3, -0.25) is 39.2 Å². The van der Waals surface area contributed by atoms with E-state index in [1.54, 1.807) is 56.2 Å². The Morgan fingerprint density at radius 2 is 1.17 bits per heavy atom. The number of amides is 5. The lowest BCUT2D eigenvalue weighted by molar-refractivity contribution is -0.135. The van der Waals surface area contributed by atoms with Gasteiger partial charge in [-0.15, -0.1) is 0 Å². The Hall–Kier alpha value is -6.65. The van der Waals surface area contributed by atoms with Gasteiger partial charge in [0, 0.05) is 13.5 Å². The highest BCUT2D eigenvalue weighted by molar-refractivity contribution is 5.98. The molecule has 8 N–H and O–H groups in total. The molecular formula is C49H67N7O10. The lowest BCUT2D eigenvalue weighted by atomic mass is 9.98. The first-order chi connectivity index (χ1) is 31.1. The third-order valence-electron chi connectivity index (χ3n) is 11.0. The minimum absolute atomic E-state index is 0.000373. The van der Waals surface area contributed by atoms with Crippen LogP contribution in [0.4, 0.5) is 11.4 Å². The van der Waals surface area contributed by atoms with Crippen molar-refractivity contribution in [2.24, 2.45) is 23.7 Å². The van der Waals surface area contributed by atoms with E-state index in [-0.39, 0.29) is 72.8 Å². The van der Waals surface area contributed by atoms with Crippen molar-refractivity contribution >= 4 is 52.8 Å². The molecule has 5 atom stereocenters. The number of hydrogen-bond acceptors (Lipinski definition) is 11. The highest BCUT2D eigenvalue weighted by atomic mass is 16.5. The van der Waals surface area contributed by atoms with E-state index in [9.17, 15) is 43.8 Å². The Morgan fingerprint density at radius 3 is 1.70 bits per heavy atom. The van der Waals surface area contributed by atoms with Crippen molar-refractivity contribution in [3.8, 4) is 11.5 Å². The number of benzene rings is 3. The maximum absolute atomic E-state index is 14.2. The summed E-state index contributed by atoms with van der Waals surface area (Å²) < 4.78 is 5.67. The number of nitrogens with zero attached hydrogens (tertiary/aromatic N) is 1. The highest BCUT2D eigenvalue weighted by Gasteiger charge is 2.36. The molecule has 17 nitrogen and oxygen atoms in total. The fourth-order valence-electron chi connectivity index (χ4n) is 7.61. The van der Waals surface area contributed by atoms with Crippen molar-refractivity contribution in [3.63, 3.8) is 0 Å². The molecule has 5 amide bonds. The van der Waals surface area contributed by atoms with Crippen molar-refractivity contribution < 1.29 is 48.5 Å². The van der Waals surface area contributed by atoms with Crippen LogP contribution in [0.3, 0.4) is 0 Å². The summed E-state index contributed by atoms with van der Waals surface area (Å²) in [6.07, 6.45) is 1.07. The summed E-state index contributed by atoms with van der Waals surface area (Å²) >= 11 is 0. The number of carbonyl (C=O) groups is 7. The van der Waals surface area contributed by atoms with E-state index in [1.807, 2.05) is 65.8 Å². The zero-order valence-electron chi connectivity index (χ0n) is 39.4. The molecule has 0 radical (unpaired) electrons. The van der Waals surface area contributed by atoms with Crippen LogP contribution < -0.4 is 41.8 Å². The highest BCUT2D eigenvalue weighted by Crippen LogP contribution is 2.26. The number of carboxylic acids is 1. The van der Waals surface area contributed by atoms with Crippen LogP contribution in [0.15, 0.2) is 66.7 Å². The second kappa shape index (κ2) is 24.0. The normalized spacial score (nSPS) is 19.8. The number of aromatic hydroxyl groups is 1. The van der Waals surface area contributed by atoms with Crippen molar-refractivity contribution in [1.82, 2.24) is 26.6 Å². The number of rotatable bonds is 17. The number of esters is 1. The number of anilines is 2. The first-order valence-corrected chi connectivity index (χ1v) is 22.6. The lowest BCUT2D eigenvalue weighted by Gasteiger charge is -2.28. The topological polar surface area (TPSA) is 245 Å². The first-order valence-electron chi connectivity index (χ1n) is 22.6. The Bertz CT molecular complexity index is 2190. The van der Waals surface area contributed by atoms with Crippen LogP contribution in [0.25, 0.3) is 0 Å². The van der Waals surface area contributed by atoms with Crippen LogP contribution in [0.1, 0.15) is 103 Å². The van der Waals surface area contributed by atoms with Gasteiger partial charge in [-0.2, -0.15) is 0 Å². The molecule has 0 aliphatic carbocycles. The number of phenols is 1. The molecule has 0 saturated carbocycles. The molecule has 0 aromatic heterocycles. The fraction of sp³-hybridized carbons (Fsp3) is 0.490. The zero-order chi connectivity index (χ0) is 48.8. The molecule has 1 heterocycles. The maximum Gasteiger partial charge on any atom is 0.339 e. The SMILES string of the molecule is CC(C)CC1NC(=O)C(CC(C)C)NC(=O)[C@@H](Cc2ccc(OC(=O)CCc3ccccc3N(C)Nc3ccc(O)c(C(=O)O)c3)cc2)NC(=O)C(CC(C)C)NC(=O)C(C(C)C)NC1=O. The number of hydrogen-bond donors (Lipinski definition) is 8. The molecule has 0 bridgehead atoms. The predicted molar refractivity (Wildman–Crippen MR) is 250 cm³/mol. The number of ether oxygens (including phenoxy) is 1. The third kappa shape index (κ3) is 15.5. The number of para-hydroxylation sites is 1. The van der Waals surface area contributed by atoms with Crippen molar-refractivity contribution in [2.75, 3.05) is 17.5 Å². The van der Waals surface area contributed by atoms with Crippen LogP contribution in [-0.2, 0) is 41.6 Å². The van der Waals surface area contributed by atoms with Gasteiger partial charge in [0.05, 0.1) is 17.8 Å². The lowest BCUT2D eigenvalue weighted by Crippen LogP contribution is -2.59. The molecule has 3 aromatic rings. The summed E-state index contributed by atoms with van der Waals surface area (Å²) in [6.45, 7) is 15.0. The Labute approximate surface area is 387 Å². The van der Waals surface area contributed by atoms with Gasteiger partial charge in [-0.1, -0.05) is 85.7 Å². The molecule has 66 heavy (non-hydrogen) atoms. The number of carbonyl (C=O) groups excluding carboxylic acids is 6. The number of hydrazine groups is 1. The van der Waals surface area contributed by atoms with Crippen LogP contribution in [0.2, 0.25) is 0 Å². The standard InChI is InChI=1S/C49H67N7O10/c1-27(2)22-36-44(59)51-38(24-29(5)6)47(62)54-43(30(7)8)48(63)53-37(23-28(3)4)45(60)52-39(46(61)50-36)25-31-14-18-34(19-15-31)66-42(58)21-16-32-12-10-11-13-40(32)56(9)55-33-17-20-41(57)35(26-33)49(64)65/h10-15,17-20,26-30,36-39,43,55,57H,16,21-25H2,1-9H3,(H,50,61)(H,51,59)(H,52,60)(H,53,63)(H,54,62)(H,64,65)/t36?,37?,38?,39-,43?/m1/s1. The van der Waals surface area contributed by atoms with Crippen LogP contribution >= 0.6 is 0 Å². The van der Waals surface area contributed by atoms with Crippen molar-refractivity contribution in [3.05, 3.63) is 83.4 Å². The average molecular weight is 914 g/mol. The van der Waals surface area contributed by atoms with Gasteiger partial charge in [0.1, 0.15) is 47.3 Å². The van der Waals surface area contributed by atoms with E-state index in [1.165, 1.54) is 12.1 Å². The van der Waals surface area contributed by atoms with E-state index in [2.05, 4.69) is 32.0 Å². The minimum Gasteiger partial charge on any atom is -0.507 e. The van der Waals surface area contributed by atoms with Gasteiger partial charge in [-0.25, -0.2) is 4.79 Å². The van der Waals surface area contributed by atoms with Gasteiger partial charge >= 0.3 is 11.9 Å². The van der Waals surface area contributed by atoms with Crippen molar-refractivity contribution in [2.45, 2.75) is 124 Å².